The molecule has 30 heavy (non-hydrogen) atoms. The normalized spacial score (nSPS) is 11.7. The second kappa shape index (κ2) is 9.29. The first-order valence-electron chi connectivity index (χ1n) is 9.82. The number of carbonyl (C=O) groups excluding carboxylic acids is 1. The number of nitrogens with two attached hydrogens (primary N) is 1. The Kier molecular flexibility index (Phi) is 6.76. The van der Waals surface area contributed by atoms with Crippen LogP contribution in [0.2, 0.25) is 0 Å². The van der Waals surface area contributed by atoms with Crippen molar-refractivity contribution >= 4 is 38.3 Å². The van der Waals surface area contributed by atoms with E-state index in [1.807, 2.05) is 24.3 Å². The zero-order valence-corrected chi connectivity index (χ0v) is 17.9. The number of carbonyl (C=O) groups is 1. The summed E-state index contributed by atoms with van der Waals surface area (Å²) in [5.41, 5.74) is 2.25. The van der Waals surface area contributed by atoms with Gasteiger partial charge in [0.25, 0.3) is 0 Å². The van der Waals surface area contributed by atoms with Crippen molar-refractivity contribution < 1.29 is 13.2 Å². The number of anilines is 2. The molecule has 0 saturated carbocycles. The molecule has 160 valence electrons. The highest BCUT2D eigenvalue weighted by molar-refractivity contribution is 7.89. The molecule has 3 aromatic rings. The number of primary sulfonamides is 1. The van der Waals surface area contributed by atoms with Crippen molar-refractivity contribution in [2.75, 3.05) is 30.3 Å². The molecule has 0 aliphatic heterocycles. The number of likely N-dealkylation sites (N-methyl/N-ethyl adjacent to an activating group) is 1. The minimum Gasteiger partial charge on any atom is -0.346 e. The van der Waals surface area contributed by atoms with E-state index in [1.54, 1.807) is 0 Å². The molecule has 2 aromatic carbocycles. The molecule has 0 bridgehead atoms. The molecule has 3 rings (SSSR count). The fourth-order valence-electron chi connectivity index (χ4n) is 3.28. The Hall–Kier alpha value is -2.88. The van der Waals surface area contributed by atoms with Gasteiger partial charge in [0.15, 0.2) is 0 Å². The van der Waals surface area contributed by atoms with Gasteiger partial charge in [-0.05, 0) is 61.6 Å². The summed E-state index contributed by atoms with van der Waals surface area (Å²) in [4.78, 5) is 14.6. The van der Waals surface area contributed by atoms with Crippen molar-refractivity contribution in [2.24, 2.45) is 5.14 Å². The summed E-state index contributed by atoms with van der Waals surface area (Å²) in [6.45, 7) is 8.28. The van der Waals surface area contributed by atoms with Crippen molar-refractivity contribution in [3.8, 4) is 0 Å². The average Bonchev–Trinajstić information content (AvgIpc) is 3.10. The van der Waals surface area contributed by atoms with E-state index in [2.05, 4.69) is 40.1 Å². The number of benzene rings is 2. The molecule has 8 nitrogen and oxygen atoms in total. The fraction of sp³-hybridized carbons (Fsp3) is 0.286. The van der Waals surface area contributed by atoms with Crippen LogP contribution in [0.15, 0.2) is 59.6 Å². The van der Waals surface area contributed by atoms with Crippen LogP contribution in [-0.2, 0) is 16.6 Å². The first-order valence-corrected chi connectivity index (χ1v) is 11.4. The summed E-state index contributed by atoms with van der Waals surface area (Å²) in [6.07, 6.45) is 2.06. The monoisotopic (exact) mass is 429 g/mol. The van der Waals surface area contributed by atoms with Crippen LogP contribution in [-0.4, -0.2) is 43.6 Å². The van der Waals surface area contributed by atoms with E-state index in [-0.39, 0.29) is 4.90 Å². The van der Waals surface area contributed by atoms with Gasteiger partial charge in [-0.25, -0.2) is 18.4 Å². The van der Waals surface area contributed by atoms with Gasteiger partial charge in [-0.2, -0.15) is 0 Å². The molecule has 1 heterocycles. The largest absolute Gasteiger partial charge is 0.346 e. The van der Waals surface area contributed by atoms with Gasteiger partial charge in [0.05, 0.1) is 4.90 Å². The van der Waals surface area contributed by atoms with Crippen LogP contribution in [0.4, 0.5) is 16.2 Å². The number of sulfonamides is 1. The highest BCUT2D eigenvalue weighted by Crippen LogP contribution is 2.21. The van der Waals surface area contributed by atoms with E-state index >= 15 is 0 Å². The van der Waals surface area contributed by atoms with Gasteiger partial charge in [-0.3, -0.25) is 0 Å². The number of hydrogen-bond acceptors (Lipinski definition) is 4. The predicted octanol–water partition coefficient (Wildman–Crippen LogP) is 3.27. The summed E-state index contributed by atoms with van der Waals surface area (Å²) >= 11 is 0. The lowest BCUT2D eigenvalue weighted by Gasteiger charge is -2.18. The van der Waals surface area contributed by atoms with E-state index in [9.17, 15) is 13.2 Å². The summed E-state index contributed by atoms with van der Waals surface area (Å²) < 4.78 is 24.8. The molecule has 0 fully saturated rings. The Balaban J connectivity index is 1.64. The van der Waals surface area contributed by atoms with Crippen LogP contribution in [0, 0.1) is 0 Å². The van der Waals surface area contributed by atoms with Crippen LogP contribution in [0.3, 0.4) is 0 Å². The number of amides is 2. The predicted molar refractivity (Wildman–Crippen MR) is 120 cm³/mol. The lowest BCUT2D eigenvalue weighted by molar-refractivity contribution is 0.262. The zero-order valence-electron chi connectivity index (χ0n) is 17.1. The third kappa shape index (κ3) is 5.38. The lowest BCUT2D eigenvalue weighted by Crippen LogP contribution is -2.26. The number of nitrogens with one attached hydrogen (secondary N) is 2. The summed E-state index contributed by atoms with van der Waals surface area (Å²) in [7, 11) is -3.76. The maximum Gasteiger partial charge on any atom is 0.323 e. The Morgan fingerprint density at radius 1 is 1.00 bits per heavy atom. The smallest absolute Gasteiger partial charge is 0.323 e. The maximum absolute atomic E-state index is 12.3. The Labute approximate surface area is 176 Å². The minimum atomic E-state index is -3.76. The van der Waals surface area contributed by atoms with Gasteiger partial charge in [0.2, 0.25) is 10.0 Å². The minimum absolute atomic E-state index is 0.00980. The molecule has 4 N–H and O–H groups in total. The van der Waals surface area contributed by atoms with E-state index in [0.717, 1.165) is 37.1 Å². The third-order valence-corrected chi connectivity index (χ3v) is 5.95. The van der Waals surface area contributed by atoms with Crippen molar-refractivity contribution in [1.82, 2.24) is 9.47 Å². The molecule has 2 amide bonds. The van der Waals surface area contributed by atoms with Crippen molar-refractivity contribution in [1.29, 1.82) is 0 Å². The number of fused-ring (bicyclic) bond motifs is 1. The highest BCUT2D eigenvalue weighted by atomic mass is 32.2. The number of aromatic nitrogens is 1. The SMILES string of the molecule is CCN(CC)CCn1ccc2cc(NC(=O)Nc3ccc(S(N)(=O)=O)cc3)ccc21. The summed E-state index contributed by atoms with van der Waals surface area (Å²) in [5.74, 6) is 0. The Morgan fingerprint density at radius 3 is 2.27 bits per heavy atom. The van der Waals surface area contributed by atoms with Crippen LogP contribution in [0.5, 0.6) is 0 Å². The number of nitrogens with zero attached hydrogens (tertiary/aromatic N) is 2. The van der Waals surface area contributed by atoms with Gasteiger partial charge >= 0.3 is 6.03 Å². The second-order valence-electron chi connectivity index (χ2n) is 6.96. The average molecular weight is 430 g/mol. The van der Waals surface area contributed by atoms with Gasteiger partial charge in [-0.15, -0.1) is 0 Å². The molecule has 0 radical (unpaired) electrons. The molecule has 0 atom stereocenters. The van der Waals surface area contributed by atoms with Crippen molar-refractivity contribution in [3.63, 3.8) is 0 Å². The topological polar surface area (TPSA) is 109 Å². The number of urea groups is 1. The number of rotatable bonds is 8. The molecule has 0 unspecified atom stereocenters. The fourth-order valence-corrected chi connectivity index (χ4v) is 3.80. The summed E-state index contributed by atoms with van der Waals surface area (Å²) in [5, 5.41) is 11.6. The standard InChI is InChI=1S/C21H27N5O3S/c1-3-25(4-2)13-14-26-12-11-16-15-18(7-10-20(16)26)24-21(27)23-17-5-8-19(9-6-17)30(22,28)29/h5-12,15H,3-4,13-14H2,1-2H3,(H2,22,28,29)(H2,23,24,27). The molecular weight excluding hydrogens is 402 g/mol. The Morgan fingerprint density at radius 2 is 1.63 bits per heavy atom. The van der Waals surface area contributed by atoms with Gasteiger partial charge in [-0.1, -0.05) is 13.8 Å². The van der Waals surface area contributed by atoms with Crippen LogP contribution >= 0.6 is 0 Å². The molecule has 9 heteroatoms. The highest BCUT2D eigenvalue weighted by Gasteiger charge is 2.09. The molecular formula is C21H27N5O3S. The van der Waals surface area contributed by atoms with Gasteiger partial charge in [0.1, 0.15) is 0 Å². The van der Waals surface area contributed by atoms with Crippen LogP contribution in [0.1, 0.15) is 13.8 Å². The van der Waals surface area contributed by atoms with E-state index in [0.29, 0.717) is 11.4 Å². The number of hydrogen-bond donors (Lipinski definition) is 3. The second-order valence-corrected chi connectivity index (χ2v) is 8.52. The first-order chi connectivity index (χ1) is 14.3. The third-order valence-electron chi connectivity index (χ3n) is 5.02. The molecule has 1 aromatic heterocycles. The maximum atomic E-state index is 12.3. The van der Waals surface area contributed by atoms with Gasteiger partial charge < -0.3 is 20.1 Å². The molecule has 0 spiro atoms. The molecule has 0 saturated heterocycles. The van der Waals surface area contributed by atoms with Crippen molar-refractivity contribution in [2.45, 2.75) is 25.3 Å². The zero-order chi connectivity index (χ0) is 21.7. The van der Waals surface area contributed by atoms with E-state index < -0.39 is 16.1 Å². The first kappa shape index (κ1) is 21.8. The lowest BCUT2D eigenvalue weighted by atomic mass is 10.2. The van der Waals surface area contributed by atoms with Crippen molar-refractivity contribution in [3.05, 3.63) is 54.7 Å². The van der Waals surface area contributed by atoms with Gasteiger partial charge in [0, 0.05) is 41.6 Å². The van der Waals surface area contributed by atoms with Crippen LogP contribution < -0.4 is 15.8 Å². The van der Waals surface area contributed by atoms with E-state index in [4.69, 9.17) is 5.14 Å². The summed E-state index contributed by atoms with van der Waals surface area (Å²) in [6, 6.07) is 13.1. The van der Waals surface area contributed by atoms with E-state index in [1.165, 1.54) is 24.3 Å². The quantitative estimate of drug-likeness (QED) is 0.510. The molecule has 0 aliphatic carbocycles. The van der Waals surface area contributed by atoms with Crippen LogP contribution in [0.25, 0.3) is 10.9 Å². The molecule has 0 aliphatic rings. The Bertz CT molecular complexity index is 1120.